The van der Waals surface area contributed by atoms with E-state index in [0.717, 1.165) is 83.5 Å². The maximum Gasteiger partial charge on any atom is 0.397 e. The lowest BCUT2D eigenvalue weighted by Crippen LogP contribution is -2.60. The van der Waals surface area contributed by atoms with Crippen molar-refractivity contribution in [2.75, 3.05) is 26.4 Å². The molecule has 0 radical (unpaired) electrons. The van der Waals surface area contributed by atoms with Gasteiger partial charge in [0.15, 0.2) is 6.29 Å². The Morgan fingerprint density at radius 3 is 1.57 bits per heavy atom. The van der Waals surface area contributed by atoms with Crippen molar-refractivity contribution in [3.8, 4) is 0 Å². The largest absolute Gasteiger partial charge is 0.457 e. The number of rotatable bonds is 42. The average molecular weight is 937 g/mol. The van der Waals surface area contributed by atoms with Crippen molar-refractivity contribution in [3.05, 3.63) is 85.1 Å². The molecule has 1 fully saturated rings. The van der Waals surface area contributed by atoms with Crippen LogP contribution in [0.2, 0.25) is 0 Å². The number of unbranched alkanes of at least 4 members (excludes halogenated alkanes) is 15. The van der Waals surface area contributed by atoms with Gasteiger partial charge in [-0.25, -0.2) is 4.18 Å². The first-order valence-corrected chi connectivity index (χ1v) is 26.2. The van der Waals surface area contributed by atoms with E-state index in [4.69, 9.17) is 18.9 Å². The second kappa shape index (κ2) is 42.6. The molecule has 1 aliphatic heterocycles. The highest BCUT2D eigenvalue weighted by Crippen LogP contribution is 2.26. The number of aliphatic hydroxyl groups excluding tert-OH is 3. The van der Waals surface area contributed by atoms with E-state index in [9.17, 15) is 33.1 Å². The SMILES string of the molecule is CC/C=C\C/C=C\C/C=C\C/C=C\C/C=C\C/C=C\CCCCC(=O)OC(COCCCCCCCC/C=C\CCCCCCCCC)COC1OC(CO)C(O)C(OS(=O)(=O)O)C1O. The average Bonchev–Trinajstić information content (AvgIpc) is 3.28. The molecule has 1 saturated heterocycles. The first-order valence-electron chi connectivity index (χ1n) is 24.8. The van der Waals surface area contributed by atoms with Gasteiger partial charge in [-0.15, -0.1) is 0 Å². The van der Waals surface area contributed by atoms with Crippen LogP contribution in [0.4, 0.5) is 0 Å². The number of aliphatic hydroxyl groups is 3. The van der Waals surface area contributed by atoms with Crippen LogP contribution < -0.4 is 0 Å². The second-order valence-electron chi connectivity index (χ2n) is 16.7. The molecule has 6 atom stereocenters. The molecule has 0 amide bonds. The molecule has 0 aliphatic carbocycles. The van der Waals surface area contributed by atoms with Gasteiger partial charge in [0.2, 0.25) is 0 Å². The summed E-state index contributed by atoms with van der Waals surface area (Å²) in [4.78, 5) is 12.9. The van der Waals surface area contributed by atoms with Gasteiger partial charge in [0.05, 0.1) is 19.8 Å². The van der Waals surface area contributed by atoms with Crippen LogP contribution in [0.1, 0.15) is 174 Å². The van der Waals surface area contributed by atoms with Crippen molar-refractivity contribution in [2.45, 2.75) is 211 Å². The zero-order valence-corrected chi connectivity index (χ0v) is 40.8. The summed E-state index contributed by atoms with van der Waals surface area (Å²) in [5.74, 6) is -0.445. The fourth-order valence-corrected chi connectivity index (χ4v) is 7.53. The fraction of sp³-hybridized carbons (Fsp3) is 0.712. The van der Waals surface area contributed by atoms with Crippen LogP contribution >= 0.6 is 0 Å². The molecule has 65 heavy (non-hydrogen) atoms. The Morgan fingerprint density at radius 1 is 0.600 bits per heavy atom. The number of esters is 1. The van der Waals surface area contributed by atoms with Crippen LogP contribution in [0, 0.1) is 0 Å². The predicted octanol–water partition coefficient (Wildman–Crippen LogP) is 11.2. The molecule has 0 bridgehead atoms. The first kappa shape index (κ1) is 60.3. The third kappa shape index (κ3) is 36.1. The molecule has 1 heterocycles. The third-order valence-corrected chi connectivity index (χ3v) is 11.2. The molecule has 13 heteroatoms. The van der Waals surface area contributed by atoms with E-state index < -0.39 is 59.8 Å². The smallest absolute Gasteiger partial charge is 0.397 e. The van der Waals surface area contributed by atoms with Crippen LogP contribution in [0.15, 0.2) is 85.1 Å². The van der Waals surface area contributed by atoms with Gasteiger partial charge in [-0.3, -0.25) is 9.35 Å². The van der Waals surface area contributed by atoms with E-state index in [1.807, 2.05) is 0 Å². The van der Waals surface area contributed by atoms with Crippen molar-refractivity contribution >= 4 is 16.4 Å². The minimum atomic E-state index is -5.08. The highest BCUT2D eigenvalue weighted by atomic mass is 32.3. The molecule has 374 valence electrons. The van der Waals surface area contributed by atoms with E-state index in [-0.39, 0.29) is 19.6 Å². The molecule has 0 aromatic carbocycles. The molecule has 1 rings (SSSR count). The molecular weight excluding hydrogens is 849 g/mol. The number of carbonyl (C=O) groups is 1. The molecule has 4 N–H and O–H groups in total. The van der Waals surface area contributed by atoms with Crippen molar-refractivity contribution in [3.63, 3.8) is 0 Å². The van der Waals surface area contributed by atoms with Crippen molar-refractivity contribution < 1.29 is 56.2 Å². The number of hydrogen-bond donors (Lipinski definition) is 4. The van der Waals surface area contributed by atoms with Crippen molar-refractivity contribution in [1.82, 2.24) is 0 Å². The lowest BCUT2D eigenvalue weighted by Gasteiger charge is -2.41. The zero-order chi connectivity index (χ0) is 47.5. The Balaban J connectivity index is 2.44. The first-order chi connectivity index (χ1) is 31.6. The molecule has 0 saturated carbocycles. The summed E-state index contributed by atoms with van der Waals surface area (Å²) < 4.78 is 59.1. The minimum Gasteiger partial charge on any atom is -0.457 e. The van der Waals surface area contributed by atoms with Crippen LogP contribution in [-0.2, 0) is 38.3 Å². The lowest BCUT2D eigenvalue weighted by atomic mass is 9.99. The summed E-state index contributed by atoms with van der Waals surface area (Å²) in [6, 6.07) is 0. The van der Waals surface area contributed by atoms with Crippen LogP contribution in [0.5, 0.6) is 0 Å². The summed E-state index contributed by atoms with van der Waals surface area (Å²) in [5.41, 5.74) is 0. The van der Waals surface area contributed by atoms with Crippen LogP contribution in [0.3, 0.4) is 0 Å². The summed E-state index contributed by atoms with van der Waals surface area (Å²) in [6.45, 7) is 3.80. The number of allylic oxidation sites excluding steroid dienone is 14. The van der Waals surface area contributed by atoms with Crippen LogP contribution in [0.25, 0.3) is 0 Å². The third-order valence-electron chi connectivity index (χ3n) is 10.8. The van der Waals surface area contributed by atoms with Gasteiger partial charge < -0.3 is 34.3 Å². The quantitative estimate of drug-likeness (QED) is 0.0197. The Bertz CT molecular complexity index is 1450. The molecule has 6 unspecified atom stereocenters. The number of hydrogen-bond acceptors (Lipinski definition) is 11. The molecule has 1 aliphatic rings. The van der Waals surface area contributed by atoms with Gasteiger partial charge >= 0.3 is 16.4 Å². The maximum atomic E-state index is 12.9. The van der Waals surface area contributed by atoms with Crippen molar-refractivity contribution in [2.24, 2.45) is 0 Å². The number of carbonyl (C=O) groups excluding carboxylic acids is 1. The summed E-state index contributed by atoms with van der Waals surface area (Å²) >= 11 is 0. The Morgan fingerprint density at radius 2 is 1.06 bits per heavy atom. The molecule has 0 aromatic rings. The highest BCUT2D eigenvalue weighted by molar-refractivity contribution is 7.80. The summed E-state index contributed by atoms with van der Waals surface area (Å²) in [7, 11) is -5.08. The van der Waals surface area contributed by atoms with E-state index in [2.05, 4.69) is 103 Å². The Hall–Kier alpha value is -2.72. The van der Waals surface area contributed by atoms with Gasteiger partial charge in [0.1, 0.15) is 30.5 Å². The van der Waals surface area contributed by atoms with Crippen LogP contribution in [-0.4, -0.2) is 97.5 Å². The Labute approximate surface area is 393 Å². The molecule has 0 spiro atoms. The predicted molar refractivity (Wildman–Crippen MR) is 262 cm³/mol. The fourth-order valence-electron chi connectivity index (χ4n) is 7.02. The summed E-state index contributed by atoms with van der Waals surface area (Å²) in [6.07, 6.45) is 47.6. The van der Waals surface area contributed by atoms with E-state index in [0.29, 0.717) is 13.0 Å². The topological polar surface area (TPSA) is 178 Å². The maximum absolute atomic E-state index is 12.9. The lowest BCUT2D eigenvalue weighted by molar-refractivity contribution is -0.301. The Kier molecular flexibility index (Phi) is 39.5. The summed E-state index contributed by atoms with van der Waals surface area (Å²) in [5, 5.41) is 30.7. The minimum absolute atomic E-state index is 0.00921. The zero-order valence-electron chi connectivity index (χ0n) is 40.0. The molecule has 12 nitrogen and oxygen atoms in total. The van der Waals surface area contributed by atoms with Gasteiger partial charge in [0.25, 0.3) is 0 Å². The van der Waals surface area contributed by atoms with E-state index in [1.54, 1.807) is 0 Å². The monoisotopic (exact) mass is 937 g/mol. The van der Waals surface area contributed by atoms with Crippen molar-refractivity contribution in [1.29, 1.82) is 0 Å². The standard InChI is InChI=1S/C52H88O12S/c1-3-5-7-9-11-13-15-17-19-21-22-23-24-25-27-29-31-33-35-37-39-41-48(54)62-46(45-61-52-50(56)51(64-65(57,58)59)49(55)47(43-53)63-52)44-60-42-40-38-36-34-32-30-28-26-20-18-16-14-12-10-8-6-4-2/h5,7,11,13,17,19-20,22-23,25-27,31,33,46-47,49-53,55-56H,3-4,6,8-10,12,14-16,18,21,24,28-30,32,34-45H2,1-2H3,(H,57,58,59)/b7-5-,13-11-,19-17-,23-22-,26-20-,27-25-,33-31-. The second-order valence-corrected chi connectivity index (χ2v) is 17.7. The highest BCUT2D eigenvalue weighted by Gasteiger charge is 2.48. The van der Waals surface area contributed by atoms with E-state index >= 15 is 0 Å². The van der Waals surface area contributed by atoms with E-state index in [1.165, 1.54) is 64.2 Å². The normalized spacial score (nSPS) is 20.4. The number of ether oxygens (including phenoxy) is 4. The van der Waals surface area contributed by atoms with Gasteiger partial charge in [-0.2, -0.15) is 8.42 Å². The van der Waals surface area contributed by atoms with Gasteiger partial charge in [-0.1, -0.05) is 163 Å². The van der Waals surface area contributed by atoms with Gasteiger partial charge in [0, 0.05) is 13.0 Å². The molecule has 0 aromatic heterocycles. The molecular formula is C52H88O12S. The van der Waals surface area contributed by atoms with Gasteiger partial charge in [-0.05, 0) is 89.9 Å².